The molecule has 1 unspecified atom stereocenters. The Kier molecular flexibility index (Phi) is 3.67. The van der Waals surface area contributed by atoms with Crippen LogP contribution in [0.1, 0.15) is 30.2 Å². The molecule has 0 saturated carbocycles. The van der Waals surface area contributed by atoms with Gasteiger partial charge in [0.1, 0.15) is 5.75 Å². The lowest BCUT2D eigenvalue weighted by Crippen LogP contribution is -1.95. The summed E-state index contributed by atoms with van der Waals surface area (Å²) in [6, 6.07) is 6.21. The molecule has 0 N–H and O–H groups in total. The van der Waals surface area contributed by atoms with Crippen LogP contribution in [0.2, 0.25) is 0 Å². The van der Waals surface area contributed by atoms with Crippen molar-refractivity contribution in [3.63, 3.8) is 0 Å². The fourth-order valence-electron chi connectivity index (χ4n) is 1.25. The third kappa shape index (κ3) is 2.66. The van der Waals surface area contributed by atoms with Crippen LogP contribution >= 0.6 is 12.6 Å². The number of ether oxygens (including phenoxy) is 1. The zero-order chi connectivity index (χ0) is 9.84. The Labute approximate surface area is 85.5 Å². The Morgan fingerprint density at radius 3 is 2.62 bits per heavy atom. The molecule has 0 aliphatic heterocycles. The van der Waals surface area contributed by atoms with Crippen molar-refractivity contribution < 1.29 is 4.74 Å². The van der Waals surface area contributed by atoms with E-state index in [2.05, 4.69) is 38.6 Å². The SMILES string of the molecule is CCOc1ccc(C(C)S)cc1C. The van der Waals surface area contributed by atoms with Crippen LogP contribution < -0.4 is 4.74 Å². The monoisotopic (exact) mass is 196 g/mol. The van der Waals surface area contributed by atoms with Crippen LogP contribution in [0.3, 0.4) is 0 Å². The molecule has 72 valence electrons. The molecule has 1 aromatic rings. The average molecular weight is 196 g/mol. The van der Waals surface area contributed by atoms with Crippen molar-refractivity contribution in [2.24, 2.45) is 0 Å². The first kappa shape index (κ1) is 10.5. The molecule has 1 rings (SSSR count). The highest BCUT2D eigenvalue weighted by molar-refractivity contribution is 7.80. The quantitative estimate of drug-likeness (QED) is 0.729. The summed E-state index contributed by atoms with van der Waals surface area (Å²) >= 11 is 4.38. The van der Waals surface area contributed by atoms with Crippen LogP contribution in [0.15, 0.2) is 18.2 Å². The number of aryl methyl sites for hydroxylation is 1. The molecule has 1 atom stereocenters. The summed E-state index contributed by atoms with van der Waals surface area (Å²) < 4.78 is 5.45. The van der Waals surface area contributed by atoms with Gasteiger partial charge in [0.15, 0.2) is 0 Å². The maximum absolute atomic E-state index is 5.45. The summed E-state index contributed by atoms with van der Waals surface area (Å²) in [7, 11) is 0. The van der Waals surface area contributed by atoms with Gasteiger partial charge in [0, 0.05) is 5.25 Å². The van der Waals surface area contributed by atoms with Gasteiger partial charge >= 0.3 is 0 Å². The van der Waals surface area contributed by atoms with Crippen molar-refractivity contribution in [3.8, 4) is 5.75 Å². The molecule has 0 spiro atoms. The van der Waals surface area contributed by atoms with Crippen LogP contribution in [0.25, 0.3) is 0 Å². The third-order valence-electron chi connectivity index (χ3n) is 1.98. The van der Waals surface area contributed by atoms with E-state index in [1.165, 1.54) is 11.1 Å². The third-order valence-corrected chi connectivity index (χ3v) is 2.28. The van der Waals surface area contributed by atoms with E-state index in [4.69, 9.17) is 4.74 Å². The highest BCUT2D eigenvalue weighted by atomic mass is 32.1. The van der Waals surface area contributed by atoms with Crippen molar-refractivity contribution in [2.45, 2.75) is 26.0 Å². The van der Waals surface area contributed by atoms with Crippen molar-refractivity contribution in [2.75, 3.05) is 6.61 Å². The molecule has 1 nitrogen and oxygen atoms in total. The van der Waals surface area contributed by atoms with Gasteiger partial charge in [-0.3, -0.25) is 0 Å². The van der Waals surface area contributed by atoms with Crippen LogP contribution in [0.5, 0.6) is 5.75 Å². The van der Waals surface area contributed by atoms with Crippen LogP contribution in [-0.2, 0) is 0 Å². The molecule has 0 aromatic heterocycles. The summed E-state index contributed by atoms with van der Waals surface area (Å²) in [6.45, 7) is 6.84. The van der Waals surface area contributed by atoms with E-state index in [9.17, 15) is 0 Å². The lowest BCUT2D eigenvalue weighted by molar-refractivity contribution is 0.338. The van der Waals surface area contributed by atoms with E-state index in [0.29, 0.717) is 0 Å². The summed E-state index contributed by atoms with van der Waals surface area (Å²) in [5.41, 5.74) is 2.42. The minimum Gasteiger partial charge on any atom is -0.494 e. The largest absolute Gasteiger partial charge is 0.494 e. The lowest BCUT2D eigenvalue weighted by atomic mass is 10.1. The maximum atomic E-state index is 5.45. The maximum Gasteiger partial charge on any atom is 0.122 e. The van der Waals surface area contributed by atoms with Gasteiger partial charge in [0.05, 0.1) is 6.61 Å². The van der Waals surface area contributed by atoms with Gasteiger partial charge in [-0.25, -0.2) is 0 Å². The van der Waals surface area contributed by atoms with E-state index < -0.39 is 0 Å². The Hall–Kier alpha value is -0.630. The van der Waals surface area contributed by atoms with Gasteiger partial charge in [0.2, 0.25) is 0 Å². The van der Waals surface area contributed by atoms with Gasteiger partial charge in [-0.15, -0.1) is 0 Å². The van der Waals surface area contributed by atoms with Crippen molar-refractivity contribution in [1.82, 2.24) is 0 Å². The van der Waals surface area contributed by atoms with Gasteiger partial charge in [-0.05, 0) is 38.0 Å². The zero-order valence-corrected chi connectivity index (χ0v) is 9.27. The Bertz CT molecular complexity index is 281. The highest BCUT2D eigenvalue weighted by Crippen LogP contribution is 2.25. The molecule has 0 saturated heterocycles. The second kappa shape index (κ2) is 4.56. The van der Waals surface area contributed by atoms with Crippen LogP contribution in [-0.4, -0.2) is 6.61 Å². The summed E-state index contributed by atoms with van der Waals surface area (Å²) in [6.07, 6.45) is 0. The summed E-state index contributed by atoms with van der Waals surface area (Å²) in [5.74, 6) is 0.972. The van der Waals surface area contributed by atoms with Crippen LogP contribution in [0, 0.1) is 6.92 Å². The first-order valence-corrected chi connectivity index (χ1v) is 5.08. The molecule has 0 fully saturated rings. The predicted molar refractivity (Wildman–Crippen MR) is 59.7 cm³/mol. The second-order valence-corrected chi connectivity index (χ2v) is 3.91. The molecule has 0 heterocycles. The molecule has 0 amide bonds. The van der Waals surface area contributed by atoms with E-state index in [1.54, 1.807) is 0 Å². The zero-order valence-electron chi connectivity index (χ0n) is 8.37. The number of benzene rings is 1. The lowest BCUT2D eigenvalue weighted by Gasteiger charge is -2.10. The Morgan fingerprint density at radius 2 is 2.15 bits per heavy atom. The van der Waals surface area contributed by atoms with Crippen molar-refractivity contribution in [1.29, 1.82) is 0 Å². The number of hydrogen-bond acceptors (Lipinski definition) is 2. The molecular weight excluding hydrogens is 180 g/mol. The van der Waals surface area contributed by atoms with E-state index in [0.717, 1.165) is 12.4 Å². The first-order chi connectivity index (χ1) is 6.15. The highest BCUT2D eigenvalue weighted by Gasteiger charge is 2.03. The minimum atomic E-state index is 0.286. The molecule has 0 radical (unpaired) electrons. The van der Waals surface area contributed by atoms with E-state index in [-0.39, 0.29) is 5.25 Å². The molecule has 0 aliphatic rings. The number of hydrogen-bond donors (Lipinski definition) is 1. The molecule has 13 heavy (non-hydrogen) atoms. The van der Waals surface area contributed by atoms with Crippen molar-refractivity contribution >= 4 is 12.6 Å². The van der Waals surface area contributed by atoms with Crippen molar-refractivity contribution in [3.05, 3.63) is 29.3 Å². The summed E-state index contributed by atoms with van der Waals surface area (Å²) in [4.78, 5) is 0. The molecule has 0 aliphatic carbocycles. The summed E-state index contributed by atoms with van der Waals surface area (Å²) in [5, 5.41) is 0.286. The number of rotatable bonds is 3. The molecule has 1 aromatic carbocycles. The first-order valence-electron chi connectivity index (χ1n) is 4.56. The topological polar surface area (TPSA) is 9.23 Å². The van der Waals surface area contributed by atoms with Gasteiger partial charge in [-0.2, -0.15) is 12.6 Å². The van der Waals surface area contributed by atoms with Crippen LogP contribution in [0.4, 0.5) is 0 Å². The standard InChI is InChI=1S/C11H16OS/c1-4-12-11-6-5-10(9(3)13)7-8(11)2/h5-7,9,13H,4H2,1-3H3. The van der Waals surface area contributed by atoms with Gasteiger partial charge < -0.3 is 4.74 Å². The van der Waals surface area contributed by atoms with E-state index in [1.807, 2.05) is 13.0 Å². The predicted octanol–water partition coefficient (Wildman–Crippen LogP) is 3.38. The second-order valence-electron chi connectivity index (χ2n) is 3.13. The molecule has 0 bridgehead atoms. The molecule has 2 heteroatoms. The fourth-order valence-corrected chi connectivity index (χ4v) is 1.41. The smallest absolute Gasteiger partial charge is 0.122 e. The van der Waals surface area contributed by atoms with Gasteiger partial charge in [-0.1, -0.05) is 12.1 Å². The fraction of sp³-hybridized carbons (Fsp3) is 0.455. The van der Waals surface area contributed by atoms with E-state index >= 15 is 0 Å². The normalized spacial score (nSPS) is 12.6. The average Bonchev–Trinajstić information content (AvgIpc) is 2.08. The van der Waals surface area contributed by atoms with Gasteiger partial charge in [0.25, 0.3) is 0 Å². The Morgan fingerprint density at radius 1 is 1.46 bits per heavy atom. The number of thiol groups is 1. The molecular formula is C11H16OS. The minimum absolute atomic E-state index is 0.286. The Balaban J connectivity index is 2.92.